The first kappa shape index (κ1) is 19.8. The quantitative estimate of drug-likeness (QED) is 0.710. The summed E-state index contributed by atoms with van der Waals surface area (Å²) < 4.78 is 38.5. The van der Waals surface area contributed by atoms with E-state index in [9.17, 15) is 27.6 Å². The number of anilines is 2. The molecule has 2 aromatic rings. The van der Waals surface area contributed by atoms with Gasteiger partial charge in [-0.25, -0.2) is 9.69 Å². The van der Waals surface area contributed by atoms with Gasteiger partial charge in [0.2, 0.25) is 0 Å². The highest BCUT2D eigenvalue weighted by Crippen LogP contribution is 2.28. The van der Waals surface area contributed by atoms with Gasteiger partial charge in [0.05, 0.1) is 5.69 Å². The lowest BCUT2D eigenvalue weighted by Crippen LogP contribution is -2.46. The maximum Gasteiger partial charge on any atom is 0.493 e. The molecule has 0 aliphatic heterocycles. The Morgan fingerprint density at radius 1 is 0.963 bits per heavy atom. The molecule has 0 saturated carbocycles. The number of carbonyl (C=O) groups excluding carboxylic acids is 3. The van der Waals surface area contributed by atoms with Crippen LogP contribution in [0.2, 0.25) is 0 Å². The third kappa shape index (κ3) is 4.75. The average molecular weight is 380 g/mol. The summed E-state index contributed by atoms with van der Waals surface area (Å²) in [5.74, 6) is -0.942. The molecule has 0 aromatic heterocycles. The molecule has 0 atom stereocenters. The summed E-state index contributed by atoms with van der Waals surface area (Å²) in [6, 6.07) is 8.58. The van der Waals surface area contributed by atoms with E-state index in [1.165, 1.54) is 13.1 Å². The number of nitrogens with zero attached hydrogens (tertiary/aromatic N) is 1. The molecule has 0 spiro atoms. The smallest absolute Gasteiger partial charge is 0.355 e. The molecule has 142 valence electrons. The molecule has 0 unspecified atom stereocenters. The van der Waals surface area contributed by atoms with E-state index in [0.717, 1.165) is 24.3 Å². The Morgan fingerprint density at radius 3 is 2.11 bits per heavy atom. The minimum absolute atomic E-state index is 0.0516. The molecule has 0 fully saturated rings. The number of amides is 4. The standard InChI is InChI=1S/C17H15F3N4O3/c1-22-14(25)11-3-2-4-12(9-11)23-15(26)10-5-7-13(8-6-10)24(16(21)27)17(18,19)20/h2-9H,1H3,(H2,21,27)(H,22,25)(H,23,26). The van der Waals surface area contributed by atoms with Crippen LogP contribution in [0.15, 0.2) is 48.5 Å². The van der Waals surface area contributed by atoms with Crippen molar-refractivity contribution in [1.29, 1.82) is 0 Å². The Kier molecular flexibility index (Phi) is 5.69. The van der Waals surface area contributed by atoms with E-state index in [-0.39, 0.29) is 11.5 Å². The van der Waals surface area contributed by atoms with Crippen molar-refractivity contribution in [2.24, 2.45) is 5.73 Å². The zero-order valence-corrected chi connectivity index (χ0v) is 14.0. The number of primary amides is 1. The van der Waals surface area contributed by atoms with Crippen molar-refractivity contribution < 1.29 is 27.6 Å². The van der Waals surface area contributed by atoms with E-state index in [0.29, 0.717) is 11.3 Å². The van der Waals surface area contributed by atoms with E-state index in [2.05, 4.69) is 10.6 Å². The topological polar surface area (TPSA) is 105 Å². The Morgan fingerprint density at radius 2 is 1.59 bits per heavy atom. The molecule has 0 aliphatic rings. The van der Waals surface area contributed by atoms with E-state index >= 15 is 0 Å². The van der Waals surface area contributed by atoms with Crippen LogP contribution in [-0.2, 0) is 0 Å². The molecule has 27 heavy (non-hydrogen) atoms. The van der Waals surface area contributed by atoms with Crippen LogP contribution in [0.3, 0.4) is 0 Å². The SMILES string of the molecule is CNC(=O)c1cccc(NC(=O)c2ccc(N(C(N)=O)C(F)(F)F)cc2)c1. The number of nitrogens with one attached hydrogen (secondary N) is 2. The minimum Gasteiger partial charge on any atom is -0.355 e. The summed E-state index contributed by atoms with van der Waals surface area (Å²) in [6.45, 7) is 0. The lowest BCUT2D eigenvalue weighted by Gasteiger charge is -2.22. The molecule has 0 bridgehead atoms. The Hall–Kier alpha value is -3.56. The zero-order chi connectivity index (χ0) is 20.2. The lowest BCUT2D eigenvalue weighted by molar-refractivity contribution is -0.120. The van der Waals surface area contributed by atoms with Gasteiger partial charge in [-0.2, -0.15) is 0 Å². The summed E-state index contributed by atoms with van der Waals surface area (Å²) >= 11 is 0. The van der Waals surface area contributed by atoms with Crippen molar-refractivity contribution in [3.63, 3.8) is 0 Å². The van der Waals surface area contributed by atoms with E-state index in [1.807, 2.05) is 0 Å². The van der Waals surface area contributed by atoms with Crippen LogP contribution < -0.4 is 21.3 Å². The van der Waals surface area contributed by atoms with E-state index < -0.39 is 28.8 Å². The van der Waals surface area contributed by atoms with Crippen molar-refractivity contribution in [3.05, 3.63) is 59.7 Å². The highest BCUT2D eigenvalue weighted by molar-refractivity contribution is 6.05. The molecule has 0 radical (unpaired) electrons. The first-order valence-electron chi connectivity index (χ1n) is 7.53. The van der Waals surface area contributed by atoms with Gasteiger partial charge in [0.1, 0.15) is 0 Å². The van der Waals surface area contributed by atoms with Crippen LogP contribution in [0.5, 0.6) is 0 Å². The molecule has 2 aromatic carbocycles. The van der Waals surface area contributed by atoms with Crippen LogP contribution in [-0.4, -0.2) is 31.2 Å². The summed E-state index contributed by atoms with van der Waals surface area (Å²) in [4.78, 5) is 34.3. The number of alkyl halides is 3. The average Bonchev–Trinajstić information content (AvgIpc) is 2.60. The third-order valence-corrected chi connectivity index (χ3v) is 3.47. The van der Waals surface area contributed by atoms with Crippen LogP contribution >= 0.6 is 0 Å². The fourth-order valence-corrected chi connectivity index (χ4v) is 2.25. The molecule has 0 saturated heterocycles. The first-order chi connectivity index (χ1) is 12.6. The van der Waals surface area contributed by atoms with Gasteiger partial charge in [-0.3, -0.25) is 9.59 Å². The molecular formula is C17H15F3N4O3. The number of nitrogens with two attached hydrogens (primary N) is 1. The Balaban J connectivity index is 2.19. The van der Waals surface area contributed by atoms with Gasteiger partial charge in [-0.15, -0.1) is 13.2 Å². The monoisotopic (exact) mass is 380 g/mol. The van der Waals surface area contributed by atoms with Crippen LogP contribution in [0.4, 0.5) is 29.3 Å². The van der Waals surface area contributed by atoms with Gasteiger partial charge in [0, 0.05) is 23.9 Å². The molecule has 4 amide bonds. The fourth-order valence-electron chi connectivity index (χ4n) is 2.25. The molecule has 2 rings (SSSR count). The van der Waals surface area contributed by atoms with Crippen molar-refractivity contribution >= 4 is 29.2 Å². The largest absolute Gasteiger partial charge is 0.493 e. The number of hydrogen-bond donors (Lipinski definition) is 3. The second-order valence-electron chi connectivity index (χ2n) is 5.30. The van der Waals surface area contributed by atoms with Crippen LogP contribution in [0.25, 0.3) is 0 Å². The highest BCUT2D eigenvalue weighted by atomic mass is 19.4. The number of rotatable bonds is 4. The summed E-state index contributed by atoms with van der Waals surface area (Å²) in [5.41, 5.74) is 4.95. The maximum atomic E-state index is 12.8. The molecule has 4 N–H and O–H groups in total. The van der Waals surface area contributed by atoms with E-state index in [4.69, 9.17) is 5.73 Å². The summed E-state index contributed by atoms with van der Waals surface area (Å²) in [7, 11) is 1.46. The number of benzene rings is 2. The highest BCUT2D eigenvalue weighted by Gasteiger charge is 2.41. The predicted octanol–water partition coefficient (Wildman–Crippen LogP) is 2.70. The molecular weight excluding hydrogens is 365 g/mol. The first-order valence-corrected chi connectivity index (χ1v) is 7.53. The second-order valence-corrected chi connectivity index (χ2v) is 5.30. The number of halogens is 3. The molecule has 0 heterocycles. The summed E-state index contributed by atoms with van der Waals surface area (Å²) in [6.07, 6.45) is -4.99. The van der Waals surface area contributed by atoms with Gasteiger partial charge in [0.15, 0.2) is 0 Å². The van der Waals surface area contributed by atoms with Crippen molar-refractivity contribution in [2.75, 3.05) is 17.3 Å². The van der Waals surface area contributed by atoms with Crippen molar-refractivity contribution in [1.82, 2.24) is 5.32 Å². The number of hydrogen-bond acceptors (Lipinski definition) is 3. The molecule has 10 heteroatoms. The van der Waals surface area contributed by atoms with Crippen molar-refractivity contribution in [2.45, 2.75) is 6.30 Å². The molecule has 0 aliphatic carbocycles. The Labute approximate surface area is 151 Å². The van der Waals surface area contributed by atoms with Crippen molar-refractivity contribution in [3.8, 4) is 0 Å². The number of carbonyl (C=O) groups is 3. The second kappa shape index (κ2) is 7.77. The van der Waals surface area contributed by atoms with Crippen LogP contribution in [0, 0.1) is 0 Å². The normalized spacial score (nSPS) is 10.8. The van der Waals surface area contributed by atoms with Gasteiger partial charge < -0.3 is 16.4 Å². The van der Waals surface area contributed by atoms with Gasteiger partial charge in [-0.05, 0) is 42.5 Å². The van der Waals surface area contributed by atoms with Gasteiger partial charge in [-0.1, -0.05) is 6.07 Å². The van der Waals surface area contributed by atoms with E-state index in [1.54, 1.807) is 18.2 Å². The van der Waals surface area contributed by atoms with Gasteiger partial charge >= 0.3 is 12.3 Å². The van der Waals surface area contributed by atoms with Gasteiger partial charge in [0.25, 0.3) is 11.8 Å². The summed E-state index contributed by atoms with van der Waals surface area (Å²) in [5, 5.41) is 4.98. The maximum absolute atomic E-state index is 12.8. The lowest BCUT2D eigenvalue weighted by atomic mass is 10.1. The number of urea groups is 1. The van der Waals surface area contributed by atoms with Crippen LogP contribution in [0.1, 0.15) is 20.7 Å². The third-order valence-electron chi connectivity index (χ3n) is 3.47. The molecule has 7 nitrogen and oxygen atoms in total. The Bertz CT molecular complexity index is 866. The predicted molar refractivity (Wildman–Crippen MR) is 92.3 cm³/mol. The fraction of sp³-hybridized carbons (Fsp3) is 0.118. The minimum atomic E-state index is -4.99. The zero-order valence-electron chi connectivity index (χ0n) is 14.0.